The van der Waals surface area contributed by atoms with Gasteiger partial charge in [-0.25, -0.2) is 0 Å². The molecule has 26 heavy (non-hydrogen) atoms. The van der Waals surface area contributed by atoms with Crippen molar-refractivity contribution in [1.29, 1.82) is 0 Å². The van der Waals surface area contributed by atoms with Crippen molar-refractivity contribution >= 4 is 11.8 Å². The molecule has 1 aromatic rings. The van der Waals surface area contributed by atoms with Gasteiger partial charge < -0.3 is 15.0 Å². The van der Waals surface area contributed by atoms with Crippen LogP contribution in [0.25, 0.3) is 0 Å². The molecule has 1 aromatic carbocycles. The normalized spacial score (nSPS) is 20.5. The molecular formula is C20H29N3O3. The fourth-order valence-corrected chi connectivity index (χ4v) is 3.85. The maximum Gasteiger partial charge on any atom is 0.222 e. The first-order valence-electron chi connectivity index (χ1n) is 9.57. The first-order valence-corrected chi connectivity index (χ1v) is 9.57. The predicted molar refractivity (Wildman–Crippen MR) is 99.8 cm³/mol. The van der Waals surface area contributed by atoms with Crippen LogP contribution in [-0.4, -0.2) is 67.6 Å². The summed E-state index contributed by atoms with van der Waals surface area (Å²) in [5, 5.41) is 3.03. The van der Waals surface area contributed by atoms with E-state index in [1.165, 1.54) is 5.56 Å². The fraction of sp³-hybridized carbons (Fsp3) is 0.600. The molecule has 0 aromatic heterocycles. The van der Waals surface area contributed by atoms with Crippen molar-refractivity contribution in [2.45, 2.75) is 32.2 Å². The van der Waals surface area contributed by atoms with Crippen LogP contribution in [0, 0.1) is 0 Å². The van der Waals surface area contributed by atoms with Gasteiger partial charge in [0.15, 0.2) is 0 Å². The number of benzene rings is 1. The highest BCUT2D eigenvalue weighted by atomic mass is 16.5. The minimum atomic E-state index is -0.156. The van der Waals surface area contributed by atoms with Crippen LogP contribution in [0.3, 0.4) is 0 Å². The average Bonchev–Trinajstić information content (AvgIpc) is 2.66. The van der Waals surface area contributed by atoms with Gasteiger partial charge in [-0.3, -0.25) is 14.5 Å². The number of morpholine rings is 1. The van der Waals surface area contributed by atoms with Crippen LogP contribution in [0.2, 0.25) is 0 Å². The molecule has 0 aliphatic carbocycles. The highest BCUT2D eigenvalue weighted by molar-refractivity contribution is 5.79. The standard InChI is InChI=1S/C20H29N3O3/c1-16(24)23-10-7-17-5-2-3-6-18(17)19(23)15-20(25)21-8-4-9-22-11-13-26-14-12-22/h2-3,5-6,19H,4,7-15H2,1H3,(H,21,25). The molecule has 2 aliphatic rings. The lowest BCUT2D eigenvalue weighted by Gasteiger charge is -2.36. The largest absolute Gasteiger partial charge is 0.379 e. The Morgan fingerprint density at radius 3 is 2.73 bits per heavy atom. The third-order valence-electron chi connectivity index (χ3n) is 5.27. The molecule has 1 atom stereocenters. The Morgan fingerprint density at radius 1 is 1.19 bits per heavy atom. The van der Waals surface area contributed by atoms with Crippen LogP contribution < -0.4 is 5.32 Å². The average molecular weight is 359 g/mol. The van der Waals surface area contributed by atoms with Gasteiger partial charge in [-0.05, 0) is 30.5 Å². The van der Waals surface area contributed by atoms with E-state index in [1.54, 1.807) is 6.92 Å². The summed E-state index contributed by atoms with van der Waals surface area (Å²) in [6.07, 6.45) is 2.12. The van der Waals surface area contributed by atoms with Crippen molar-refractivity contribution < 1.29 is 14.3 Å². The molecule has 1 fully saturated rings. The number of nitrogens with zero attached hydrogens (tertiary/aromatic N) is 2. The number of hydrogen-bond donors (Lipinski definition) is 1. The Labute approximate surface area is 155 Å². The topological polar surface area (TPSA) is 61.9 Å². The van der Waals surface area contributed by atoms with Gasteiger partial charge in [-0.1, -0.05) is 24.3 Å². The minimum absolute atomic E-state index is 0.0138. The second-order valence-corrected chi connectivity index (χ2v) is 7.04. The summed E-state index contributed by atoms with van der Waals surface area (Å²) in [5.41, 5.74) is 2.35. The van der Waals surface area contributed by atoms with E-state index in [-0.39, 0.29) is 17.9 Å². The second-order valence-electron chi connectivity index (χ2n) is 7.04. The molecule has 1 saturated heterocycles. The van der Waals surface area contributed by atoms with E-state index in [0.29, 0.717) is 19.5 Å². The van der Waals surface area contributed by atoms with Crippen molar-refractivity contribution in [1.82, 2.24) is 15.1 Å². The van der Waals surface area contributed by atoms with Gasteiger partial charge in [-0.2, -0.15) is 0 Å². The summed E-state index contributed by atoms with van der Waals surface area (Å²) in [7, 11) is 0. The van der Waals surface area contributed by atoms with Crippen molar-refractivity contribution in [3.05, 3.63) is 35.4 Å². The zero-order valence-corrected chi connectivity index (χ0v) is 15.6. The van der Waals surface area contributed by atoms with E-state index in [0.717, 1.165) is 51.3 Å². The zero-order chi connectivity index (χ0) is 18.4. The number of amides is 2. The van der Waals surface area contributed by atoms with Crippen molar-refractivity contribution in [3.8, 4) is 0 Å². The van der Waals surface area contributed by atoms with Gasteiger partial charge in [0.1, 0.15) is 0 Å². The Kier molecular flexibility index (Phi) is 6.63. The zero-order valence-electron chi connectivity index (χ0n) is 15.6. The minimum Gasteiger partial charge on any atom is -0.379 e. The number of rotatable bonds is 6. The van der Waals surface area contributed by atoms with E-state index >= 15 is 0 Å². The molecule has 1 N–H and O–H groups in total. The molecule has 2 heterocycles. The summed E-state index contributed by atoms with van der Waals surface area (Å²) in [6, 6.07) is 7.98. The van der Waals surface area contributed by atoms with Crippen molar-refractivity contribution in [3.63, 3.8) is 0 Å². The van der Waals surface area contributed by atoms with E-state index in [2.05, 4.69) is 16.3 Å². The van der Waals surface area contributed by atoms with Gasteiger partial charge in [0.2, 0.25) is 11.8 Å². The van der Waals surface area contributed by atoms with Gasteiger partial charge in [0, 0.05) is 33.1 Å². The molecule has 0 saturated carbocycles. The molecule has 2 amide bonds. The number of ether oxygens (including phenoxy) is 1. The summed E-state index contributed by atoms with van der Waals surface area (Å²) in [6.45, 7) is 7.46. The monoisotopic (exact) mass is 359 g/mol. The third kappa shape index (κ3) is 4.83. The third-order valence-corrected chi connectivity index (χ3v) is 5.27. The van der Waals surface area contributed by atoms with E-state index in [4.69, 9.17) is 4.74 Å². The lowest BCUT2D eigenvalue weighted by atomic mass is 9.90. The van der Waals surface area contributed by atoms with Crippen molar-refractivity contribution in [2.24, 2.45) is 0 Å². The maximum absolute atomic E-state index is 12.5. The Morgan fingerprint density at radius 2 is 1.96 bits per heavy atom. The lowest BCUT2D eigenvalue weighted by molar-refractivity contribution is -0.133. The molecule has 142 valence electrons. The molecule has 6 heteroatoms. The summed E-state index contributed by atoms with van der Waals surface area (Å²) in [4.78, 5) is 28.7. The summed E-state index contributed by atoms with van der Waals surface area (Å²) >= 11 is 0. The number of carbonyl (C=O) groups is 2. The molecule has 3 rings (SSSR count). The van der Waals surface area contributed by atoms with Crippen LogP contribution in [-0.2, 0) is 20.7 Å². The number of fused-ring (bicyclic) bond motifs is 1. The highest BCUT2D eigenvalue weighted by Crippen LogP contribution is 2.32. The first kappa shape index (κ1) is 18.9. The molecule has 0 spiro atoms. The summed E-state index contributed by atoms with van der Waals surface area (Å²) < 4.78 is 5.34. The number of nitrogens with one attached hydrogen (secondary N) is 1. The maximum atomic E-state index is 12.5. The number of hydrogen-bond acceptors (Lipinski definition) is 4. The number of carbonyl (C=O) groups excluding carboxylic acids is 2. The van der Waals surface area contributed by atoms with E-state index in [9.17, 15) is 9.59 Å². The fourth-order valence-electron chi connectivity index (χ4n) is 3.85. The van der Waals surface area contributed by atoms with Gasteiger partial charge >= 0.3 is 0 Å². The van der Waals surface area contributed by atoms with Crippen LogP contribution in [0.1, 0.15) is 36.9 Å². The molecule has 0 radical (unpaired) electrons. The quantitative estimate of drug-likeness (QED) is 0.779. The van der Waals surface area contributed by atoms with Crippen LogP contribution in [0.5, 0.6) is 0 Å². The molecule has 1 unspecified atom stereocenters. The molecular weight excluding hydrogens is 330 g/mol. The SMILES string of the molecule is CC(=O)N1CCc2ccccc2C1CC(=O)NCCCN1CCOCC1. The smallest absolute Gasteiger partial charge is 0.222 e. The van der Waals surface area contributed by atoms with Crippen molar-refractivity contribution in [2.75, 3.05) is 45.9 Å². The Hall–Kier alpha value is -1.92. The van der Waals surface area contributed by atoms with Gasteiger partial charge in [0.25, 0.3) is 0 Å². The van der Waals surface area contributed by atoms with E-state index in [1.807, 2.05) is 23.1 Å². The van der Waals surface area contributed by atoms with Gasteiger partial charge in [0.05, 0.1) is 25.7 Å². The second kappa shape index (κ2) is 9.14. The Balaban J connectivity index is 1.50. The lowest BCUT2D eigenvalue weighted by Crippen LogP contribution is -2.41. The predicted octanol–water partition coefficient (Wildman–Crippen LogP) is 1.36. The van der Waals surface area contributed by atoms with E-state index < -0.39 is 0 Å². The van der Waals surface area contributed by atoms with Gasteiger partial charge in [-0.15, -0.1) is 0 Å². The Bertz CT molecular complexity index is 628. The first-order chi connectivity index (χ1) is 12.6. The van der Waals surface area contributed by atoms with Crippen LogP contribution in [0.15, 0.2) is 24.3 Å². The summed E-state index contributed by atoms with van der Waals surface area (Å²) in [5.74, 6) is 0.0459. The molecule has 0 bridgehead atoms. The van der Waals surface area contributed by atoms with Crippen LogP contribution in [0.4, 0.5) is 0 Å². The highest BCUT2D eigenvalue weighted by Gasteiger charge is 2.30. The molecule has 2 aliphatic heterocycles. The molecule has 6 nitrogen and oxygen atoms in total. The van der Waals surface area contributed by atoms with Crippen LogP contribution >= 0.6 is 0 Å².